The molecule has 1 saturated heterocycles. The molecule has 0 bridgehead atoms. The predicted molar refractivity (Wildman–Crippen MR) is 74.9 cm³/mol. The van der Waals surface area contributed by atoms with Crippen LogP contribution in [0.25, 0.3) is 0 Å². The van der Waals surface area contributed by atoms with Crippen molar-refractivity contribution < 1.29 is 9.53 Å². The van der Waals surface area contributed by atoms with Gasteiger partial charge < -0.3 is 15.0 Å². The largest absolute Gasteiger partial charge is 0.367 e. The number of hydrogen-bond acceptors (Lipinski definition) is 3. The maximum absolute atomic E-state index is 12.1. The molecular weight excluding hydrogens is 240 g/mol. The summed E-state index contributed by atoms with van der Waals surface area (Å²) in [6.07, 6.45) is 2.04. The van der Waals surface area contributed by atoms with Crippen LogP contribution in [-0.2, 0) is 9.53 Å². The molecule has 1 N–H and O–H groups in total. The van der Waals surface area contributed by atoms with E-state index in [1.807, 2.05) is 30.3 Å². The number of rotatable bonds is 6. The Bertz CT molecular complexity index is 388. The van der Waals surface area contributed by atoms with Crippen molar-refractivity contribution in [3.05, 3.63) is 35.9 Å². The molecule has 19 heavy (non-hydrogen) atoms. The van der Waals surface area contributed by atoms with Crippen LogP contribution in [0.3, 0.4) is 0 Å². The van der Waals surface area contributed by atoms with E-state index in [9.17, 15) is 4.79 Å². The highest BCUT2D eigenvalue weighted by Gasteiger charge is 2.19. The zero-order valence-corrected chi connectivity index (χ0v) is 11.5. The number of carbonyl (C=O) groups excluding carboxylic acids is 1. The third-order valence-corrected chi connectivity index (χ3v) is 3.50. The molecule has 1 heterocycles. The fourth-order valence-corrected chi connectivity index (χ4v) is 2.46. The van der Waals surface area contributed by atoms with Gasteiger partial charge in [-0.25, -0.2) is 0 Å². The smallest absolute Gasteiger partial charge is 0.253 e. The Labute approximate surface area is 114 Å². The molecule has 4 nitrogen and oxygen atoms in total. The van der Waals surface area contributed by atoms with Gasteiger partial charge in [0.25, 0.3) is 5.91 Å². The number of benzene rings is 1. The van der Waals surface area contributed by atoms with Crippen molar-refractivity contribution in [1.82, 2.24) is 10.2 Å². The summed E-state index contributed by atoms with van der Waals surface area (Å²) >= 11 is 0. The van der Waals surface area contributed by atoms with Crippen LogP contribution in [0.5, 0.6) is 0 Å². The Kier molecular flexibility index (Phi) is 5.36. The Morgan fingerprint density at radius 1 is 1.32 bits per heavy atom. The van der Waals surface area contributed by atoms with E-state index in [0.29, 0.717) is 6.54 Å². The number of nitrogens with one attached hydrogen (secondary N) is 1. The summed E-state index contributed by atoms with van der Waals surface area (Å²) in [6.45, 7) is 3.92. The van der Waals surface area contributed by atoms with Crippen LogP contribution < -0.4 is 5.32 Å². The predicted octanol–water partition coefficient (Wildman–Crippen LogP) is 1.59. The summed E-state index contributed by atoms with van der Waals surface area (Å²) in [4.78, 5) is 14.5. The van der Waals surface area contributed by atoms with Crippen LogP contribution in [0, 0.1) is 0 Å². The zero-order valence-electron chi connectivity index (χ0n) is 11.5. The van der Waals surface area contributed by atoms with Crippen LogP contribution in [0.15, 0.2) is 30.3 Å². The molecule has 0 radical (unpaired) electrons. The van der Waals surface area contributed by atoms with Crippen molar-refractivity contribution in [2.75, 3.05) is 33.3 Å². The molecular formula is C15H22N2O2. The highest BCUT2D eigenvalue weighted by atomic mass is 16.5. The van der Waals surface area contributed by atoms with Gasteiger partial charge in [-0.15, -0.1) is 0 Å². The minimum atomic E-state index is -0.514. The van der Waals surface area contributed by atoms with E-state index in [-0.39, 0.29) is 5.91 Å². The van der Waals surface area contributed by atoms with E-state index in [1.54, 1.807) is 7.11 Å². The molecule has 1 aromatic carbocycles. The SMILES string of the molecule is COC(C(=O)NCCN1CCCC1)c1ccccc1. The summed E-state index contributed by atoms with van der Waals surface area (Å²) in [6, 6.07) is 9.58. The topological polar surface area (TPSA) is 41.6 Å². The number of methoxy groups -OCH3 is 1. The molecule has 0 saturated carbocycles. The first-order chi connectivity index (χ1) is 9.31. The lowest BCUT2D eigenvalue weighted by Gasteiger charge is -2.18. The number of carbonyl (C=O) groups is 1. The van der Waals surface area contributed by atoms with E-state index >= 15 is 0 Å². The van der Waals surface area contributed by atoms with Gasteiger partial charge >= 0.3 is 0 Å². The van der Waals surface area contributed by atoms with Crippen LogP contribution in [-0.4, -0.2) is 44.1 Å². The van der Waals surface area contributed by atoms with Gasteiger partial charge in [0.05, 0.1) is 0 Å². The standard InChI is InChI=1S/C15H22N2O2/c1-19-14(13-7-3-2-4-8-13)15(18)16-9-12-17-10-5-6-11-17/h2-4,7-8,14H,5-6,9-12H2,1H3,(H,16,18). The van der Waals surface area contributed by atoms with Gasteiger partial charge in [0.15, 0.2) is 6.10 Å². The van der Waals surface area contributed by atoms with Crippen LogP contribution in [0.1, 0.15) is 24.5 Å². The maximum atomic E-state index is 12.1. The number of nitrogens with zero attached hydrogens (tertiary/aromatic N) is 1. The van der Waals surface area contributed by atoms with E-state index < -0.39 is 6.10 Å². The Morgan fingerprint density at radius 2 is 2.00 bits per heavy atom. The lowest BCUT2D eigenvalue weighted by molar-refractivity contribution is -0.131. The summed E-state index contributed by atoms with van der Waals surface area (Å²) in [7, 11) is 1.57. The van der Waals surface area contributed by atoms with E-state index in [4.69, 9.17) is 4.74 Å². The fourth-order valence-electron chi connectivity index (χ4n) is 2.46. The van der Waals surface area contributed by atoms with E-state index in [0.717, 1.165) is 25.2 Å². The Hall–Kier alpha value is -1.39. The first kappa shape index (κ1) is 14.0. The average Bonchev–Trinajstić information content (AvgIpc) is 2.94. The van der Waals surface area contributed by atoms with E-state index in [1.165, 1.54) is 12.8 Å². The second kappa shape index (κ2) is 7.26. The molecule has 1 atom stereocenters. The molecule has 0 spiro atoms. The van der Waals surface area contributed by atoms with Crippen LogP contribution >= 0.6 is 0 Å². The molecule has 1 fully saturated rings. The molecule has 1 aliphatic heterocycles. The van der Waals surface area contributed by atoms with E-state index in [2.05, 4.69) is 10.2 Å². The molecule has 1 unspecified atom stereocenters. The van der Waals surface area contributed by atoms with Gasteiger partial charge in [-0.05, 0) is 31.5 Å². The molecule has 104 valence electrons. The Morgan fingerprint density at radius 3 is 2.63 bits per heavy atom. The lowest BCUT2D eigenvalue weighted by Crippen LogP contribution is -2.36. The summed E-state index contributed by atoms with van der Waals surface area (Å²) in [5.41, 5.74) is 0.892. The first-order valence-corrected chi connectivity index (χ1v) is 6.89. The first-order valence-electron chi connectivity index (χ1n) is 6.89. The van der Waals surface area contributed by atoms with Crippen molar-refractivity contribution in [3.63, 3.8) is 0 Å². The lowest BCUT2D eigenvalue weighted by atomic mass is 10.1. The quantitative estimate of drug-likeness (QED) is 0.846. The summed E-state index contributed by atoms with van der Waals surface area (Å²) in [5.74, 6) is -0.0621. The highest BCUT2D eigenvalue weighted by molar-refractivity contribution is 5.82. The van der Waals surface area contributed by atoms with Gasteiger partial charge in [-0.3, -0.25) is 4.79 Å². The zero-order chi connectivity index (χ0) is 13.5. The number of amides is 1. The monoisotopic (exact) mass is 262 g/mol. The minimum absolute atomic E-state index is 0.0621. The second-order valence-electron chi connectivity index (χ2n) is 4.87. The van der Waals surface area contributed by atoms with Crippen LogP contribution in [0.2, 0.25) is 0 Å². The summed E-state index contributed by atoms with van der Waals surface area (Å²) < 4.78 is 5.30. The van der Waals surface area contributed by atoms with Crippen molar-refractivity contribution in [2.45, 2.75) is 18.9 Å². The normalized spacial score (nSPS) is 17.3. The molecule has 1 amide bonds. The van der Waals surface area contributed by atoms with Gasteiger partial charge in [-0.2, -0.15) is 0 Å². The minimum Gasteiger partial charge on any atom is -0.367 e. The second-order valence-corrected chi connectivity index (χ2v) is 4.87. The van der Waals surface area contributed by atoms with Crippen molar-refractivity contribution in [3.8, 4) is 0 Å². The van der Waals surface area contributed by atoms with Gasteiger partial charge in [0, 0.05) is 20.2 Å². The molecule has 2 rings (SSSR count). The number of ether oxygens (including phenoxy) is 1. The molecule has 0 aliphatic carbocycles. The van der Waals surface area contributed by atoms with Gasteiger partial charge in [-0.1, -0.05) is 30.3 Å². The molecule has 1 aromatic rings. The number of likely N-dealkylation sites (tertiary alicyclic amines) is 1. The van der Waals surface area contributed by atoms with Crippen molar-refractivity contribution in [1.29, 1.82) is 0 Å². The molecule has 1 aliphatic rings. The maximum Gasteiger partial charge on any atom is 0.253 e. The van der Waals surface area contributed by atoms with Crippen molar-refractivity contribution >= 4 is 5.91 Å². The third kappa shape index (κ3) is 4.04. The fraction of sp³-hybridized carbons (Fsp3) is 0.533. The molecule has 0 aromatic heterocycles. The van der Waals surface area contributed by atoms with Gasteiger partial charge in [0.2, 0.25) is 0 Å². The third-order valence-electron chi connectivity index (χ3n) is 3.50. The van der Waals surface area contributed by atoms with Gasteiger partial charge in [0.1, 0.15) is 0 Å². The Balaban J connectivity index is 1.80. The average molecular weight is 262 g/mol. The van der Waals surface area contributed by atoms with Crippen LogP contribution in [0.4, 0.5) is 0 Å². The summed E-state index contributed by atoms with van der Waals surface area (Å²) in [5, 5.41) is 2.95. The van der Waals surface area contributed by atoms with Crippen molar-refractivity contribution in [2.24, 2.45) is 0 Å². The molecule has 4 heteroatoms. The number of hydrogen-bond donors (Lipinski definition) is 1. The highest BCUT2D eigenvalue weighted by Crippen LogP contribution is 2.16.